The molecule has 2 aromatic rings. The van der Waals surface area contributed by atoms with E-state index in [1.165, 1.54) is 44.9 Å². The van der Waals surface area contributed by atoms with Crippen LogP contribution >= 0.6 is 0 Å². The predicted molar refractivity (Wildman–Crippen MR) is 92.4 cm³/mol. The summed E-state index contributed by atoms with van der Waals surface area (Å²) in [4.78, 5) is 19.6. The number of pyridine rings is 1. The van der Waals surface area contributed by atoms with Gasteiger partial charge in [0.1, 0.15) is 0 Å². The summed E-state index contributed by atoms with van der Waals surface area (Å²) in [7, 11) is 0. The Morgan fingerprint density at radius 1 is 1.00 bits per heavy atom. The van der Waals surface area contributed by atoms with Crippen LogP contribution in [0.25, 0.3) is 10.9 Å². The van der Waals surface area contributed by atoms with E-state index >= 15 is 0 Å². The van der Waals surface area contributed by atoms with Crippen molar-refractivity contribution in [2.75, 3.05) is 13.1 Å². The molecule has 1 amide bonds. The van der Waals surface area contributed by atoms with Crippen molar-refractivity contribution < 1.29 is 4.79 Å². The van der Waals surface area contributed by atoms with Crippen LogP contribution in [0.2, 0.25) is 0 Å². The van der Waals surface area contributed by atoms with Gasteiger partial charge in [-0.1, -0.05) is 43.9 Å². The number of amides is 1. The van der Waals surface area contributed by atoms with Gasteiger partial charge in [-0.15, -0.1) is 0 Å². The van der Waals surface area contributed by atoms with E-state index in [1.807, 2.05) is 30.3 Å². The standard InChI is InChI=1S/C20H24N2O/c23-19(17-9-5-7-16-8-6-13-21-18(16)17)22-14-12-20(15-22)10-3-1-2-4-11-20/h5-9,13H,1-4,10-12,14-15H2. The van der Waals surface area contributed by atoms with Gasteiger partial charge in [0.15, 0.2) is 0 Å². The third-order valence-corrected chi connectivity index (χ3v) is 5.75. The fraction of sp³-hybridized carbons (Fsp3) is 0.500. The minimum Gasteiger partial charge on any atom is -0.338 e. The first-order chi connectivity index (χ1) is 11.3. The molecule has 1 aliphatic carbocycles. The third kappa shape index (κ3) is 2.73. The molecule has 2 heterocycles. The number of carbonyl (C=O) groups excluding carboxylic acids is 1. The molecule has 1 spiro atoms. The first kappa shape index (κ1) is 14.7. The van der Waals surface area contributed by atoms with Crippen molar-refractivity contribution in [3.8, 4) is 0 Å². The Morgan fingerprint density at radius 3 is 2.61 bits per heavy atom. The summed E-state index contributed by atoms with van der Waals surface area (Å²) in [6.45, 7) is 1.84. The summed E-state index contributed by atoms with van der Waals surface area (Å²) < 4.78 is 0. The Kier molecular flexibility index (Phi) is 3.80. The van der Waals surface area contributed by atoms with Gasteiger partial charge in [-0.05, 0) is 36.8 Å². The van der Waals surface area contributed by atoms with Crippen LogP contribution in [-0.2, 0) is 0 Å². The SMILES string of the molecule is O=C(c1cccc2cccnc12)N1CCC2(CCCCCC2)C1. The van der Waals surface area contributed by atoms with Crippen molar-refractivity contribution in [3.05, 3.63) is 42.1 Å². The van der Waals surface area contributed by atoms with Gasteiger partial charge in [-0.25, -0.2) is 0 Å². The van der Waals surface area contributed by atoms with Crippen LogP contribution in [0, 0.1) is 5.41 Å². The van der Waals surface area contributed by atoms with Crippen molar-refractivity contribution in [2.24, 2.45) is 5.41 Å². The first-order valence-electron chi connectivity index (χ1n) is 8.91. The van der Waals surface area contributed by atoms with Gasteiger partial charge in [0.05, 0.1) is 11.1 Å². The van der Waals surface area contributed by atoms with E-state index in [1.54, 1.807) is 6.20 Å². The normalized spacial score (nSPS) is 20.8. The molecule has 2 fully saturated rings. The Hall–Kier alpha value is -1.90. The smallest absolute Gasteiger partial charge is 0.256 e. The molecule has 0 atom stereocenters. The van der Waals surface area contributed by atoms with Gasteiger partial charge >= 0.3 is 0 Å². The Balaban J connectivity index is 1.60. The van der Waals surface area contributed by atoms with Crippen LogP contribution in [0.3, 0.4) is 0 Å². The fourth-order valence-electron chi connectivity index (χ4n) is 4.44. The highest BCUT2D eigenvalue weighted by Gasteiger charge is 2.40. The first-order valence-corrected chi connectivity index (χ1v) is 8.91. The molecule has 1 aromatic carbocycles. The van der Waals surface area contributed by atoms with Gasteiger partial charge in [0.2, 0.25) is 0 Å². The lowest BCUT2D eigenvalue weighted by Gasteiger charge is -2.27. The quantitative estimate of drug-likeness (QED) is 0.781. The Labute approximate surface area is 137 Å². The summed E-state index contributed by atoms with van der Waals surface area (Å²) in [5.74, 6) is 0.162. The Morgan fingerprint density at radius 2 is 1.78 bits per heavy atom. The van der Waals surface area contributed by atoms with Gasteiger partial charge in [0.25, 0.3) is 5.91 Å². The van der Waals surface area contributed by atoms with E-state index < -0.39 is 0 Å². The fourth-order valence-corrected chi connectivity index (χ4v) is 4.44. The van der Waals surface area contributed by atoms with E-state index in [0.717, 1.165) is 29.6 Å². The molecule has 0 N–H and O–H groups in total. The molecule has 120 valence electrons. The highest BCUT2D eigenvalue weighted by atomic mass is 16.2. The zero-order valence-electron chi connectivity index (χ0n) is 13.6. The highest BCUT2D eigenvalue weighted by Crippen LogP contribution is 2.43. The van der Waals surface area contributed by atoms with Gasteiger partial charge in [0, 0.05) is 24.7 Å². The molecule has 4 rings (SSSR count). The number of rotatable bonds is 1. The lowest BCUT2D eigenvalue weighted by atomic mass is 9.80. The number of aromatic nitrogens is 1. The number of para-hydroxylation sites is 1. The maximum atomic E-state index is 13.1. The molecule has 1 aromatic heterocycles. The number of fused-ring (bicyclic) bond motifs is 1. The Bertz CT molecular complexity index is 711. The monoisotopic (exact) mass is 308 g/mol. The van der Waals surface area contributed by atoms with Crippen molar-refractivity contribution in [2.45, 2.75) is 44.9 Å². The van der Waals surface area contributed by atoms with Crippen LogP contribution < -0.4 is 0 Å². The van der Waals surface area contributed by atoms with E-state index in [0.29, 0.717) is 5.41 Å². The second kappa shape index (κ2) is 5.95. The van der Waals surface area contributed by atoms with Crippen molar-refractivity contribution in [1.29, 1.82) is 0 Å². The maximum Gasteiger partial charge on any atom is 0.256 e. The average Bonchev–Trinajstić information content (AvgIpc) is 2.87. The zero-order valence-corrected chi connectivity index (χ0v) is 13.6. The largest absolute Gasteiger partial charge is 0.338 e. The van der Waals surface area contributed by atoms with Gasteiger partial charge in [-0.2, -0.15) is 0 Å². The van der Waals surface area contributed by atoms with Crippen LogP contribution in [0.1, 0.15) is 55.3 Å². The number of likely N-dealkylation sites (tertiary alicyclic amines) is 1. The summed E-state index contributed by atoms with van der Waals surface area (Å²) >= 11 is 0. The van der Waals surface area contributed by atoms with Crippen molar-refractivity contribution in [3.63, 3.8) is 0 Å². The minimum absolute atomic E-state index is 0.162. The molecular formula is C20H24N2O. The summed E-state index contributed by atoms with van der Waals surface area (Å²) in [5, 5.41) is 1.04. The molecule has 0 bridgehead atoms. The van der Waals surface area contributed by atoms with Gasteiger partial charge in [-0.3, -0.25) is 9.78 Å². The predicted octanol–water partition coefficient (Wildman–Crippen LogP) is 4.42. The molecule has 1 saturated heterocycles. The molecule has 3 heteroatoms. The molecule has 3 nitrogen and oxygen atoms in total. The number of hydrogen-bond donors (Lipinski definition) is 0. The second-order valence-electron chi connectivity index (χ2n) is 7.27. The van der Waals surface area contributed by atoms with E-state index in [-0.39, 0.29) is 5.91 Å². The van der Waals surface area contributed by atoms with E-state index in [9.17, 15) is 4.79 Å². The number of nitrogens with zero attached hydrogens (tertiary/aromatic N) is 2. The van der Waals surface area contributed by atoms with Crippen molar-refractivity contribution >= 4 is 16.8 Å². The van der Waals surface area contributed by atoms with Crippen LogP contribution in [0.5, 0.6) is 0 Å². The molecular weight excluding hydrogens is 284 g/mol. The number of carbonyl (C=O) groups is 1. The third-order valence-electron chi connectivity index (χ3n) is 5.75. The van der Waals surface area contributed by atoms with Crippen LogP contribution in [-0.4, -0.2) is 28.9 Å². The van der Waals surface area contributed by atoms with E-state index in [4.69, 9.17) is 0 Å². The van der Waals surface area contributed by atoms with Crippen LogP contribution in [0.4, 0.5) is 0 Å². The summed E-state index contributed by atoms with van der Waals surface area (Å²) in [6.07, 6.45) is 10.9. The summed E-state index contributed by atoms with van der Waals surface area (Å²) in [6, 6.07) is 9.86. The van der Waals surface area contributed by atoms with E-state index in [2.05, 4.69) is 9.88 Å². The maximum absolute atomic E-state index is 13.1. The average molecular weight is 308 g/mol. The second-order valence-corrected chi connectivity index (χ2v) is 7.27. The molecule has 0 unspecified atom stereocenters. The molecule has 0 radical (unpaired) electrons. The number of benzene rings is 1. The van der Waals surface area contributed by atoms with Gasteiger partial charge < -0.3 is 4.90 Å². The number of hydrogen-bond acceptors (Lipinski definition) is 2. The molecule has 1 aliphatic heterocycles. The van der Waals surface area contributed by atoms with Crippen molar-refractivity contribution in [1.82, 2.24) is 9.88 Å². The lowest BCUT2D eigenvalue weighted by Crippen LogP contribution is -2.32. The molecule has 23 heavy (non-hydrogen) atoms. The lowest BCUT2D eigenvalue weighted by molar-refractivity contribution is 0.0769. The minimum atomic E-state index is 0.162. The topological polar surface area (TPSA) is 33.2 Å². The molecule has 2 aliphatic rings. The zero-order chi connectivity index (χ0) is 15.7. The highest BCUT2D eigenvalue weighted by molar-refractivity contribution is 6.05. The van der Waals surface area contributed by atoms with Crippen LogP contribution in [0.15, 0.2) is 36.5 Å². The molecule has 1 saturated carbocycles. The summed E-state index contributed by atoms with van der Waals surface area (Å²) in [5.41, 5.74) is 1.99.